The third-order valence-corrected chi connectivity index (χ3v) is 7.27. The van der Waals surface area contributed by atoms with Crippen LogP contribution in [0.4, 0.5) is 0 Å². The molecule has 2 aliphatic heterocycles. The summed E-state index contributed by atoms with van der Waals surface area (Å²) in [5, 5.41) is 0. The Morgan fingerprint density at radius 2 is 1.19 bits per heavy atom. The zero-order valence-corrected chi connectivity index (χ0v) is 18.5. The lowest BCUT2D eigenvalue weighted by molar-refractivity contribution is -0.145. The second kappa shape index (κ2) is 10.3. The van der Waals surface area contributed by atoms with E-state index in [1.165, 1.54) is 18.4 Å². The predicted molar refractivity (Wildman–Crippen MR) is 119 cm³/mol. The Bertz CT molecular complexity index is 759. The normalized spacial score (nSPS) is 20.8. The van der Waals surface area contributed by atoms with Gasteiger partial charge in [-0.25, -0.2) is 0 Å². The van der Waals surface area contributed by atoms with Gasteiger partial charge in [0.1, 0.15) is 0 Å². The minimum atomic E-state index is 0.00950. The molecule has 6 nitrogen and oxygen atoms in total. The van der Waals surface area contributed by atoms with Gasteiger partial charge in [-0.3, -0.25) is 14.4 Å². The van der Waals surface area contributed by atoms with Crippen molar-refractivity contribution in [1.29, 1.82) is 0 Å². The van der Waals surface area contributed by atoms with E-state index in [2.05, 4.69) is 12.1 Å². The Hall–Kier alpha value is -2.37. The van der Waals surface area contributed by atoms with Crippen molar-refractivity contribution in [2.75, 3.05) is 39.3 Å². The van der Waals surface area contributed by atoms with Crippen molar-refractivity contribution in [2.24, 2.45) is 11.8 Å². The summed E-state index contributed by atoms with van der Waals surface area (Å²) in [7, 11) is 0. The average molecular weight is 426 g/mol. The zero-order valence-electron chi connectivity index (χ0n) is 18.5. The highest BCUT2D eigenvalue weighted by Gasteiger charge is 2.34. The van der Waals surface area contributed by atoms with Gasteiger partial charge in [-0.1, -0.05) is 43.2 Å². The number of nitrogens with zero attached hydrogens (tertiary/aromatic N) is 3. The summed E-state index contributed by atoms with van der Waals surface area (Å²) in [5.74, 6) is 0.923. The molecule has 0 radical (unpaired) electrons. The number of likely N-dealkylation sites (tertiary alicyclic amines) is 1. The third kappa shape index (κ3) is 5.46. The molecule has 4 rings (SSSR count). The van der Waals surface area contributed by atoms with Gasteiger partial charge in [-0.05, 0) is 37.7 Å². The molecule has 0 N–H and O–H groups in total. The molecule has 0 spiro atoms. The van der Waals surface area contributed by atoms with Crippen LogP contribution in [0.5, 0.6) is 0 Å². The van der Waals surface area contributed by atoms with Crippen molar-refractivity contribution in [3.05, 3.63) is 35.9 Å². The molecule has 1 aromatic rings. The molecule has 31 heavy (non-hydrogen) atoms. The van der Waals surface area contributed by atoms with E-state index in [0.717, 1.165) is 32.1 Å². The first-order valence-electron chi connectivity index (χ1n) is 12.0. The lowest BCUT2D eigenvalue weighted by Crippen LogP contribution is -2.54. The summed E-state index contributed by atoms with van der Waals surface area (Å²) in [4.78, 5) is 44.0. The summed E-state index contributed by atoms with van der Waals surface area (Å²) in [6, 6.07) is 10.1. The number of carbonyl (C=O) groups excluding carboxylic acids is 3. The number of piperidine rings is 1. The molecule has 3 aliphatic rings. The van der Waals surface area contributed by atoms with Gasteiger partial charge in [0.2, 0.25) is 17.7 Å². The monoisotopic (exact) mass is 425 g/mol. The van der Waals surface area contributed by atoms with Crippen LogP contribution in [0, 0.1) is 11.8 Å². The first kappa shape index (κ1) is 21.8. The maximum absolute atomic E-state index is 13.0. The van der Waals surface area contributed by atoms with Gasteiger partial charge in [0.05, 0.1) is 0 Å². The fraction of sp³-hybridized carbons (Fsp3) is 0.640. The average Bonchev–Trinajstić information content (AvgIpc) is 3.37. The molecule has 0 aromatic heterocycles. The smallest absolute Gasteiger partial charge is 0.225 e. The maximum Gasteiger partial charge on any atom is 0.225 e. The summed E-state index contributed by atoms with van der Waals surface area (Å²) in [6.07, 6.45) is 7.18. The fourth-order valence-electron chi connectivity index (χ4n) is 5.27. The van der Waals surface area contributed by atoms with Crippen molar-refractivity contribution < 1.29 is 14.4 Å². The molecular formula is C25H35N3O3. The van der Waals surface area contributed by atoms with E-state index in [1.807, 2.05) is 32.9 Å². The molecule has 168 valence electrons. The van der Waals surface area contributed by atoms with Crippen molar-refractivity contribution in [3.8, 4) is 0 Å². The van der Waals surface area contributed by atoms with E-state index < -0.39 is 0 Å². The van der Waals surface area contributed by atoms with E-state index in [4.69, 9.17) is 0 Å². The van der Waals surface area contributed by atoms with Crippen LogP contribution >= 0.6 is 0 Å². The summed E-state index contributed by atoms with van der Waals surface area (Å²) < 4.78 is 0. The molecule has 0 bridgehead atoms. The minimum absolute atomic E-state index is 0.00950. The number of hydrogen-bond acceptors (Lipinski definition) is 3. The van der Waals surface area contributed by atoms with Gasteiger partial charge in [-0.15, -0.1) is 0 Å². The highest BCUT2D eigenvalue weighted by molar-refractivity contribution is 5.82. The minimum Gasteiger partial charge on any atom is -0.343 e. The molecule has 3 amide bonds. The van der Waals surface area contributed by atoms with Crippen LogP contribution in [0.3, 0.4) is 0 Å². The molecule has 2 heterocycles. The number of amides is 3. The van der Waals surface area contributed by atoms with Gasteiger partial charge in [0.15, 0.2) is 0 Å². The molecule has 0 atom stereocenters. The van der Waals surface area contributed by atoms with Gasteiger partial charge in [-0.2, -0.15) is 0 Å². The van der Waals surface area contributed by atoms with Crippen LogP contribution in [0.2, 0.25) is 0 Å². The van der Waals surface area contributed by atoms with Gasteiger partial charge < -0.3 is 14.7 Å². The summed E-state index contributed by atoms with van der Waals surface area (Å²) >= 11 is 0. The van der Waals surface area contributed by atoms with E-state index in [0.29, 0.717) is 51.6 Å². The highest BCUT2D eigenvalue weighted by atomic mass is 16.2. The quantitative estimate of drug-likeness (QED) is 0.729. The van der Waals surface area contributed by atoms with E-state index in [1.54, 1.807) is 0 Å². The van der Waals surface area contributed by atoms with Crippen molar-refractivity contribution in [3.63, 3.8) is 0 Å². The summed E-state index contributed by atoms with van der Waals surface area (Å²) in [5.41, 5.74) is 1.19. The first-order chi connectivity index (χ1) is 15.1. The molecule has 2 saturated heterocycles. The number of rotatable bonds is 5. The van der Waals surface area contributed by atoms with Crippen molar-refractivity contribution >= 4 is 17.7 Å². The Kier molecular flexibility index (Phi) is 7.25. The van der Waals surface area contributed by atoms with E-state index >= 15 is 0 Å². The number of carbonyl (C=O) groups is 3. The molecule has 1 aliphatic carbocycles. The van der Waals surface area contributed by atoms with Crippen molar-refractivity contribution in [2.45, 2.75) is 51.4 Å². The Morgan fingerprint density at radius 3 is 1.74 bits per heavy atom. The third-order valence-electron chi connectivity index (χ3n) is 7.27. The van der Waals surface area contributed by atoms with Gasteiger partial charge in [0, 0.05) is 57.5 Å². The highest BCUT2D eigenvalue weighted by Crippen LogP contribution is 2.27. The predicted octanol–water partition coefficient (Wildman–Crippen LogP) is 2.72. The van der Waals surface area contributed by atoms with Crippen LogP contribution in [-0.2, 0) is 20.8 Å². The number of benzene rings is 1. The first-order valence-corrected chi connectivity index (χ1v) is 12.0. The fourth-order valence-corrected chi connectivity index (χ4v) is 5.27. The standard InChI is InChI=1S/C25H35N3O3/c29-23(11-10-20-6-2-1-3-7-20)26-14-12-22(13-15-26)25(31)28-18-16-27(17-19-28)24(30)21-8-4-5-9-21/h1-3,6-7,21-22H,4-5,8-19H2. The zero-order chi connectivity index (χ0) is 21.6. The van der Waals surface area contributed by atoms with Gasteiger partial charge >= 0.3 is 0 Å². The lowest BCUT2D eigenvalue weighted by atomic mass is 9.94. The van der Waals surface area contributed by atoms with Gasteiger partial charge in [0.25, 0.3) is 0 Å². The van der Waals surface area contributed by atoms with Crippen LogP contribution in [0.15, 0.2) is 30.3 Å². The van der Waals surface area contributed by atoms with Crippen LogP contribution in [-0.4, -0.2) is 71.7 Å². The Labute approximate surface area is 185 Å². The molecule has 1 saturated carbocycles. The second-order valence-electron chi connectivity index (χ2n) is 9.27. The summed E-state index contributed by atoms with van der Waals surface area (Å²) in [6.45, 7) is 3.96. The molecule has 0 unspecified atom stereocenters. The largest absolute Gasteiger partial charge is 0.343 e. The lowest BCUT2D eigenvalue weighted by Gasteiger charge is -2.39. The topological polar surface area (TPSA) is 60.9 Å². The van der Waals surface area contributed by atoms with E-state index in [9.17, 15) is 14.4 Å². The Balaban J connectivity index is 1.18. The molecule has 1 aromatic carbocycles. The van der Waals surface area contributed by atoms with Crippen molar-refractivity contribution in [1.82, 2.24) is 14.7 Å². The number of hydrogen-bond donors (Lipinski definition) is 0. The number of aryl methyl sites for hydroxylation is 1. The van der Waals surface area contributed by atoms with E-state index in [-0.39, 0.29) is 23.7 Å². The molecular weight excluding hydrogens is 390 g/mol. The van der Waals surface area contributed by atoms with Crippen LogP contribution in [0.25, 0.3) is 0 Å². The number of piperazine rings is 1. The SMILES string of the molecule is O=C(CCc1ccccc1)N1CCC(C(=O)N2CCN(C(=O)C3CCCC3)CC2)CC1. The second-order valence-corrected chi connectivity index (χ2v) is 9.27. The van der Waals surface area contributed by atoms with Crippen LogP contribution < -0.4 is 0 Å². The molecule has 6 heteroatoms. The Morgan fingerprint density at radius 1 is 0.677 bits per heavy atom. The molecule has 3 fully saturated rings. The van der Waals surface area contributed by atoms with Crippen LogP contribution in [0.1, 0.15) is 50.5 Å². The maximum atomic E-state index is 13.0.